The molecule has 1 aromatic carbocycles. The number of hydrogen-bond donors (Lipinski definition) is 2. The summed E-state index contributed by atoms with van der Waals surface area (Å²) in [5.41, 5.74) is 0.943. The lowest BCUT2D eigenvalue weighted by molar-refractivity contribution is -0.137. The molecular formula is C11H13NO3. The zero-order chi connectivity index (χ0) is 12.9. The number of amides is 1. The minimum atomic E-state index is -2.71. The van der Waals surface area contributed by atoms with Crippen molar-refractivity contribution < 1.29 is 17.4 Å². The predicted octanol–water partition coefficient (Wildman–Crippen LogP) is 0.820. The highest BCUT2D eigenvalue weighted by Crippen LogP contribution is 2.01. The fourth-order valence-electron chi connectivity index (χ4n) is 1.09. The second-order valence-corrected chi connectivity index (χ2v) is 2.96. The van der Waals surface area contributed by atoms with Gasteiger partial charge in [-0.3, -0.25) is 9.59 Å². The molecule has 0 aliphatic heterocycles. The van der Waals surface area contributed by atoms with Gasteiger partial charge >= 0.3 is 5.97 Å². The molecule has 0 heterocycles. The summed E-state index contributed by atoms with van der Waals surface area (Å²) >= 11 is 0. The molecule has 0 spiro atoms. The van der Waals surface area contributed by atoms with Crippen molar-refractivity contribution >= 4 is 11.9 Å². The number of benzene rings is 1. The fourth-order valence-corrected chi connectivity index (χ4v) is 1.09. The van der Waals surface area contributed by atoms with E-state index >= 15 is 0 Å². The van der Waals surface area contributed by atoms with Crippen molar-refractivity contribution in [2.45, 2.75) is 12.8 Å². The van der Waals surface area contributed by atoms with Gasteiger partial charge < -0.3 is 10.4 Å². The molecule has 80 valence electrons. The van der Waals surface area contributed by atoms with Crippen LogP contribution in [0.5, 0.6) is 0 Å². The zero-order valence-electron chi connectivity index (χ0n) is 10.1. The van der Waals surface area contributed by atoms with Crippen LogP contribution < -0.4 is 5.32 Å². The first-order valence-electron chi connectivity index (χ1n) is 5.50. The maximum Gasteiger partial charge on any atom is 0.322 e. The third-order valence-corrected chi connectivity index (χ3v) is 1.79. The molecule has 0 atom stereocenters. The van der Waals surface area contributed by atoms with Crippen LogP contribution in [0.3, 0.4) is 0 Å². The maximum atomic E-state index is 11.3. The van der Waals surface area contributed by atoms with E-state index in [0.29, 0.717) is 6.42 Å². The van der Waals surface area contributed by atoms with Crippen LogP contribution in [0.2, 0.25) is 0 Å². The molecule has 4 nitrogen and oxygen atoms in total. The van der Waals surface area contributed by atoms with Gasteiger partial charge in [-0.15, -0.1) is 0 Å². The number of nitrogens with one attached hydrogen (secondary N) is 1. The molecule has 0 saturated carbocycles. The molecule has 0 aromatic heterocycles. The number of carboxylic acid groups (broad SMARTS) is 1. The second-order valence-electron chi connectivity index (χ2n) is 2.96. The van der Waals surface area contributed by atoms with Crippen LogP contribution >= 0.6 is 0 Å². The van der Waals surface area contributed by atoms with E-state index in [4.69, 9.17) is 7.85 Å². The van der Waals surface area contributed by atoms with Gasteiger partial charge in [-0.05, 0) is 12.0 Å². The van der Waals surface area contributed by atoms with E-state index in [1.165, 1.54) is 0 Å². The topological polar surface area (TPSA) is 66.4 Å². The molecule has 4 heteroatoms. The molecule has 2 N–H and O–H groups in total. The Kier molecular flexibility index (Phi) is 3.27. The van der Waals surface area contributed by atoms with E-state index < -0.39 is 18.4 Å². The minimum absolute atomic E-state index is 0.0524. The fraction of sp³-hybridized carbons (Fsp3) is 0.273. The van der Waals surface area contributed by atoms with Gasteiger partial charge in [0, 0.05) is 6.42 Å². The summed E-state index contributed by atoms with van der Waals surface area (Å²) in [4.78, 5) is 21.8. The average molecular weight is 209 g/mol. The number of aryl methyl sites for hydroxylation is 1. The Morgan fingerprint density at radius 2 is 2.00 bits per heavy atom. The summed E-state index contributed by atoms with van der Waals surface area (Å²) in [5, 5.41) is 10.3. The van der Waals surface area contributed by atoms with Crippen molar-refractivity contribution in [3.8, 4) is 0 Å². The Morgan fingerprint density at radius 3 is 2.60 bits per heavy atom. The largest absolute Gasteiger partial charge is 0.480 e. The summed E-state index contributed by atoms with van der Waals surface area (Å²) in [6, 6.07) is 9.22. The highest BCUT2D eigenvalue weighted by molar-refractivity contribution is 5.81. The van der Waals surface area contributed by atoms with Crippen molar-refractivity contribution in [3.05, 3.63) is 35.9 Å². The lowest BCUT2D eigenvalue weighted by Gasteiger charge is -2.02. The number of hydrogen-bond acceptors (Lipinski definition) is 2. The number of carboxylic acids is 1. The van der Waals surface area contributed by atoms with E-state index in [9.17, 15) is 9.59 Å². The maximum absolute atomic E-state index is 11.3. The second kappa shape index (κ2) is 5.80. The van der Waals surface area contributed by atoms with Gasteiger partial charge in [0.2, 0.25) is 5.91 Å². The molecule has 0 aliphatic carbocycles. The van der Waals surface area contributed by atoms with Crippen molar-refractivity contribution in [1.82, 2.24) is 5.32 Å². The van der Waals surface area contributed by atoms with Crippen LogP contribution in [0.15, 0.2) is 30.3 Å². The van der Waals surface area contributed by atoms with E-state index in [1.54, 1.807) is 0 Å². The standard InChI is InChI=1S/C11H13NO3/c13-10(12-8-11(14)15)7-6-9-4-2-1-3-5-9/h1-5H,6-8H2,(H,12,13)(H,14,15)/i8D2. The van der Waals surface area contributed by atoms with Crippen LogP contribution in [0, 0.1) is 0 Å². The molecule has 0 unspecified atom stereocenters. The average Bonchev–Trinajstić information content (AvgIpc) is 2.27. The van der Waals surface area contributed by atoms with Crippen LogP contribution in [-0.2, 0) is 16.0 Å². The first-order valence-corrected chi connectivity index (χ1v) is 4.50. The van der Waals surface area contributed by atoms with E-state index in [0.717, 1.165) is 5.56 Å². The third-order valence-electron chi connectivity index (χ3n) is 1.79. The summed E-state index contributed by atoms with van der Waals surface area (Å²) in [5.74, 6) is -2.33. The SMILES string of the molecule is [2H]C([2H])(NC(=O)CCc1ccccc1)C(=O)O. The smallest absolute Gasteiger partial charge is 0.322 e. The van der Waals surface area contributed by atoms with E-state index in [1.807, 2.05) is 35.6 Å². The van der Waals surface area contributed by atoms with E-state index in [-0.39, 0.29) is 6.42 Å². The van der Waals surface area contributed by atoms with Gasteiger partial charge in [0.05, 0.1) is 2.74 Å². The van der Waals surface area contributed by atoms with Crippen molar-refractivity contribution in [2.24, 2.45) is 0 Å². The number of carbonyl (C=O) groups is 2. The number of rotatable bonds is 5. The van der Waals surface area contributed by atoms with Crippen molar-refractivity contribution in [3.63, 3.8) is 0 Å². The van der Waals surface area contributed by atoms with Crippen molar-refractivity contribution in [2.75, 3.05) is 6.50 Å². The summed E-state index contributed by atoms with van der Waals surface area (Å²) in [7, 11) is 0. The lowest BCUT2D eigenvalue weighted by Crippen LogP contribution is -2.29. The predicted molar refractivity (Wildman–Crippen MR) is 55.4 cm³/mol. The summed E-state index contributed by atoms with van der Waals surface area (Å²) in [6.07, 6.45) is 0.499. The van der Waals surface area contributed by atoms with Gasteiger partial charge in [-0.2, -0.15) is 0 Å². The molecule has 1 amide bonds. The van der Waals surface area contributed by atoms with Crippen LogP contribution in [0.1, 0.15) is 14.7 Å². The van der Waals surface area contributed by atoms with Crippen LogP contribution in [0.4, 0.5) is 0 Å². The highest BCUT2D eigenvalue weighted by atomic mass is 16.4. The summed E-state index contributed by atoms with van der Waals surface area (Å²) < 4.78 is 14.1. The zero-order valence-corrected chi connectivity index (χ0v) is 8.06. The van der Waals surface area contributed by atoms with E-state index in [2.05, 4.69) is 0 Å². The molecular weight excluding hydrogens is 194 g/mol. The van der Waals surface area contributed by atoms with Crippen LogP contribution in [0.25, 0.3) is 0 Å². The van der Waals surface area contributed by atoms with Gasteiger partial charge in [0.1, 0.15) is 6.50 Å². The Labute approximate surface area is 90.7 Å². The first-order chi connectivity index (χ1) is 7.92. The van der Waals surface area contributed by atoms with Gasteiger partial charge in [-0.25, -0.2) is 0 Å². The summed E-state index contributed by atoms with van der Waals surface area (Å²) in [6.45, 7) is -2.71. The lowest BCUT2D eigenvalue weighted by atomic mass is 10.1. The quantitative estimate of drug-likeness (QED) is 0.754. The molecule has 0 aliphatic rings. The number of carbonyl (C=O) groups excluding carboxylic acids is 1. The monoisotopic (exact) mass is 209 g/mol. The van der Waals surface area contributed by atoms with Gasteiger partial charge in [-0.1, -0.05) is 30.3 Å². The molecule has 1 aromatic rings. The molecule has 0 radical (unpaired) electrons. The Balaban J connectivity index is 2.44. The first kappa shape index (κ1) is 8.47. The van der Waals surface area contributed by atoms with Gasteiger partial charge in [0.25, 0.3) is 0 Å². The Morgan fingerprint density at radius 1 is 1.33 bits per heavy atom. The Bertz CT molecular complexity index is 406. The number of aliphatic carboxylic acids is 1. The third kappa shape index (κ3) is 4.81. The van der Waals surface area contributed by atoms with Crippen molar-refractivity contribution in [1.29, 1.82) is 0 Å². The van der Waals surface area contributed by atoms with Crippen LogP contribution in [-0.4, -0.2) is 23.5 Å². The highest BCUT2D eigenvalue weighted by Gasteiger charge is 2.03. The molecule has 1 rings (SSSR count). The minimum Gasteiger partial charge on any atom is -0.480 e. The normalized spacial score (nSPS) is 12.5. The molecule has 0 bridgehead atoms. The van der Waals surface area contributed by atoms with Gasteiger partial charge in [0.15, 0.2) is 0 Å². The Hall–Kier alpha value is -1.84. The molecule has 15 heavy (non-hydrogen) atoms. The molecule has 0 fully saturated rings. The molecule has 0 saturated heterocycles.